The van der Waals surface area contributed by atoms with Gasteiger partial charge < -0.3 is 0 Å². The van der Waals surface area contributed by atoms with E-state index in [0.29, 0.717) is 15.8 Å². The lowest BCUT2D eigenvalue weighted by Crippen LogP contribution is -2.24. The van der Waals surface area contributed by atoms with Gasteiger partial charge in [0, 0.05) is 10.0 Å². The molecule has 2 aromatic heterocycles. The van der Waals surface area contributed by atoms with Crippen LogP contribution in [0.15, 0.2) is 51.3 Å². The predicted octanol–water partition coefficient (Wildman–Crippen LogP) is 3.10. The Bertz CT molecular complexity index is 854. The highest BCUT2D eigenvalue weighted by atomic mass is 79.9. The number of fused-ring (bicyclic) bond motifs is 1. The first kappa shape index (κ1) is 13.2. The Labute approximate surface area is 126 Å². The summed E-state index contributed by atoms with van der Waals surface area (Å²) in [6, 6.07) is 8.91. The quantitative estimate of drug-likeness (QED) is 0.683. The van der Waals surface area contributed by atoms with Gasteiger partial charge in [-0.3, -0.25) is 14.2 Å². The van der Waals surface area contributed by atoms with Gasteiger partial charge in [0.15, 0.2) is 5.78 Å². The highest BCUT2D eigenvalue weighted by molar-refractivity contribution is 9.10. The molecular weight excluding hydrogens is 340 g/mol. The van der Waals surface area contributed by atoms with Crippen molar-refractivity contribution in [1.29, 1.82) is 0 Å². The van der Waals surface area contributed by atoms with Crippen LogP contribution >= 0.6 is 27.3 Å². The number of hydrogen-bond donors (Lipinski definition) is 0. The van der Waals surface area contributed by atoms with Crippen molar-refractivity contribution in [2.24, 2.45) is 0 Å². The van der Waals surface area contributed by atoms with E-state index in [2.05, 4.69) is 20.9 Å². The van der Waals surface area contributed by atoms with E-state index in [0.717, 1.165) is 4.47 Å². The Balaban J connectivity index is 1.95. The average Bonchev–Trinajstić information content (AvgIpc) is 2.91. The molecule has 20 heavy (non-hydrogen) atoms. The first-order valence-corrected chi connectivity index (χ1v) is 7.54. The molecule has 0 fully saturated rings. The molecule has 0 N–H and O–H groups in total. The molecule has 0 unspecified atom stereocenters. The predicted molar refractivity (Wildman–Crippen MR) is 82.4 cm³/mol. The van der Waals surface area contributed by atoms with Gasteiger partial charge in [-0.25, -0.2) is 4.98 Å². The van der Waals surface area contributed by atoms with Crippen molar-refractivity contribution in [3.05, 3.63) is 62.4 Å². The van der Waals surface area contributed by atoms with Crippen LogP contribution in [0.3, 0.4) is 0 Å². The van der Waals surface area contributed by atoms with Crippen LogP contribution in [0.2, 0.25) is 0 Å². The number of hydrogen-bond acceptors (Lipinski definition) is 4. The fourth-order valence-corrected chi connectivity index (χ4v) is 3.09. The molecule has 0 amide bonds. The second-order valence-corrected chi connectivity index (χ2v) is 6.08. The zero-order valence-corrected chi connectivity index (χ0v) is 12.6. The summed E-state index contributed by atoms with van der Waals surface area (Å²) in [5.41, 5.74) is 1.07. The van der Waals surface area contributed by atoms with Crippen molar-refractivity contribution in [3.8, 4) is 0 Å². The standard InChI is InChI=1S/C14H9BrN2O2S/c15-10-3-1-2-9(6-10)12(18)7-17-8-16-11-4-5-20-13(11)14(17)19/h1-6,8H,7H2. The molecule has 0 spiro atoms. The van der Waals surface area contributed by atoms with E-state index in [-0.39, 0.29) is 17.9 Å². The fraction of sp³-hybridized carbons (Fsp3) is 0.0714. The summed E-state index contributed by atoms with van der Waals surface area (Å²) in [6.07, 6.45) is 1.42. The molecule has 0 bridgehead atoms. The Kier molecular flexibility index (Phi) is 3.50. The van der Waals surface area contributed by atoms with Gasteiger partial charge in [-0.2, -0.15) is 0 Å². The van der Waals surface area contributed by atoms with E-state index in [1.807, 2.05) is 11.4 Å². The van der Waals surface area contributed by atoms with E-state index >= 15 is 0 Å². The molecule has 0 aliphatic rings. The Hall–Kier alpha value is -1.79. The van der Waals surface area contributed by atoms with Gasteiger partial charge in [0.05, 0.1) is 18.4 Å². The molecule has 3 aromatic rings. The van der Waals surface area contributed by atoms with E-state index in [9.17, 15) is 9.59 Å². The monoisotopic (exact) mass is 348 g/mol. The maximum atomic E-state index is 12.2. The van der Waals surface area contributed by atoms with Crippen molar-refractivity contribution < 1.29 is 4.79 Å². The minimum Gasteiger partial charge on any atom is -0.292 e. The normalized spacial score (nSPS) is 10.8. The number of carbonyl (C=O) groups excluding carboxylic acids is 1. The summed E-state index contributed by atoms with van der Waals surface area (Å²) in [5, 5.41) is 1.82. The number of benzene rings is 1. The third-order valence-electron chi connectivity index (χ3n) is 2.90. The minimum atomic E-state index is -0.173. The molecule has 0 saturated heterocycles. The lowest BCUT2D eigenvalue weighted by atomic mass is 10.1. The van der Waals surface area contributed by atoms with Gasteiger partial charge in [0.25, 0.3) is 5.56 Å². The summed E-state index contributed by atoms with van der Waals surface area (Å²) in [4.78, 5) is 28.6. The van der Waals surface area contributed by atoms with Crippen LogP contribution in [-0.2, 0) is 6.54 Å². The van der Waals surface area contributed by atoms with Crippen molar-refractivity contribution in [1.82, 2.24) is 9.55 Å². The van der Waals surface area contributed by atoms with Gasteiger partial charge in [0.1, 0.15) is 4.70 Å². The maximum Gasteiger partial charge on any atom is 0.271 e. The van der Waals surface area contributed by atoms with Gasteiger partial charge in [0.2, 0.25) is 0 Å². The van der Waals surface area contributed by atoms with Crippen LogP contribution in [-0.4, -0.2) is 15.3 Å². The first-order chi connectivity index (χ1) is 9.65. The van der Waals surface area contributed by atoms with Crippen molar-refractivity contribution in [2.75, 3.05) is 0 Å². The molecule has 2 heterocycles. The number of Topliss-reactive ketones (excluding diaryl/α,β-unsaturated/α-hetero) is 1. The number of nitrogens with zero attached hydrogens (tertiary/aromatic N) is 2. The number of carbonyl (C=O) groups is 1. The largest absolute Gasteiger partial charge is 0.292 e. The third kappa shape index (κ3) is 2.44. The van der Waals surface area contributed by atoms with Crippen LogP contribution in [0.25, 0.3) is 10.2 Å². The summed E-state index contributed by atoms with van der Waals surface area (Å²) in [5.74, 6) is -0.119. The SMILES string of the molecule is O=C(Cn1cnc2ccsc2c1=O)c1cccc(Br)c1. The van der Waals surface area contributed by atoms with Crippen LogP contribution in [0.4, 0.5) is 0 Å². The van der Waals surface area contributed by atoms with E-state index < -0.39 is 0 Å². The first-order valence-electron chi connectivity index (χ1n) is 5.86. The minimum absolute atomic E-state index is 0.00384. The van der Waals surface area contributed by atoms with Crippen LogP contribution in [0.5, 0.6) is 0 Å². The topological polar surface area (TPSA) is 52.0 Å². The lowest BCUT2D eigenvalue weighted by molar-refractivity contribution is 0.0970. The van der Waals surface area contributed by atoms with Gasteiger partial charge in [-0.15, -0.1) is 11.3 Å². The molecule has 6 heteroatoms. The molecule has 4 nitrogen and oxygen atoms in total. The fourth-order valence-electron chi connectivity index (χ4n) is 1.90. The average molecular weight is 349 g/mol. The summed E-state index contributed by atoms with van der Waals surface area (Å²) < 4.78 is 2.76. The molecule has 0 atom stereocenters. The Morgan fingerprint density at radius 3 is 3.00 bits per heavy atom. The Morgan fingerprint density at radius 1 is 1.35 bits per heavy atom. The summed E-state index contributed by atoms with van der Waals surface area (Å²) >= 11 is 4.67. The van der Waals surface area contributed by atoms with Crippen molar-refractivity contribution >= 4 is 43.3 Å². The molecule has 0 saturated carbocycles. The van der Waals surface area contributed by atoms with Crippen molar-refractivity contribution in [3.63, 3.8) is 0 Å². The molecular formula is C14H9BrN2O2S. The third-order valence-corrected chi connectivity index (χ3v) is 4.28. The van der Waals surface area contributed by atoms with Crippen LogP contribution in [0, 0.1) is 0 Å². The maximum absolute atomic E-state index is 12.2. The lowest BCUT2D eigenvalue weighted by Gasteiger charge is -2.05. The van der Waals surface area contributed by atoms with Crippen LogP contribution < -0.4 is 5.56 Å². The number of thiophene rings is 1. The van der Waals surface area contributed by atoms with E-state index in [1.165, 1.54) is 22.2 Å². The van der Waals surface area contributed by atoms with Crippen molar-refractivity contribution in [2.45, 2.75) is 6.54 Å². The highest BCUT2D eigenvalue weighted by Crippen LogP contribution is 2.14. The Morgan fingerprint density at radius 2 is 2.20 bits per heavy atom. The molecule has 0 aliphatic carbocycles. The molecule has 1 aromatic carbocycles. The number of rotatable bonds is 3. The zero-order chi connectivity index (χ0) is 14.1. The second kappa shape index (κ2) is 5.30. The van der Waals surface area contributed by atoms with Gasteiger partial charge >= 0.3 is 0 Å². The van der Waals surface area contributed by atoms with Gasteiger partial charge in [-0.05, 0) is 23.6 Å². The zero-order valence-electron chi connectivity index (χ0n) is 10.2. The molecule has 0 radical (unpaired) electrons. The number of aromatic nitrogens is 2. The summed E-state index contributed by atoms with van der Waals surface area (Å²) in [7, 11) is 0. The summed E-state index contributed by atoms with van der Waals surface area (Å²) in [6.45, 7) is -0.00384. The molecule has 3 rings (SSSR count). The number of halogens is 1. The van der Waals surface area contributed by atoms with Gasteiger partial charge in [-0.1, -0.05) is 28.1 Å². The number of ketones is 1. The van der Waals surface area contributed by atoms with E-state index in [1.54, 1.807) is 24.3 Å². The molecule has 100 valence electrons. The highest BCUT2D eigenvalue weighted by Gasteiger charge is 2.11. The van der Waals surface area contributed by atoms with E-state index in [4.69, 9.17) is 0 Å². The van der Waals surface area contributed by atoms with Crippen LogP contribution in [0.1, 0.15) is 10.4 Å². The second-order valence-electron chi connectivity index (χ2n) is 4.25. The molecule has 0 aliphatic heterocycles. The smallest absolute Gasteiger partial charge is 0.271 e.